The third-order valence-corrected chi connectivity index (χ3v) is 4.63. The molecule has 0 amide bonds. The monoisotopic (exact) mass is 365 g/mol. The normalized spacial score (nSPS) is 10.9. The summed E-state index contributed by atoms with van der Waals surface area (Å²) in [4.78, 5) is 24.0. The molecule has 0 radical (unpaired) electrons. The molecule has 0 aliphatic rings. The molecule has 21 heavy (non-hydrogen) atoms. The van der Waals surface area contributed by atoms with Gasteiger partial charge in [0.2, 0.25) is 0 Å². The van der Waals surface area contributed by atoms with Crippen LogP contribution in [0.15, 0.2) is 38.9 Å². The molecule has 0 saturated carbocycles. The standard InChI is InChI=1S/C13H8BrN3O3S/c14-10-7-8(11(15)21-10)12(18)17(16-9(7)13(19)20)6-4-2-1-3-5-6/h1-5H,15H2,(H,19,20). The largest absolute Gasteiger partial charge is 0.476 e. The van der Waals surface area contributed by atoms with Gasteiger partial charge in [0.1, 0.15) is 5.00 Å². The molecule has 1 aromatic carbocycles. The van der Waals surface area contributed by atoms with Crippen LogP contribution < -0.4 is 11.3 Å². The smallest absolute Gasteiger partial charge is 0.357 e. The molecule has 0 atom stereocenters. The first kappa shape index (κ1) is 13.8. The molecule has 0 aliphatic heterocycles. The van der Waals surface area contributed by atoms with E-state index in [9.17, 15) is 14.7 Å². The van der Waals surface area contributed by atoms with Crippen molar-refractivity contribution in [3.05, 3.63) is 50.2 Å². The highest BCUT2D eigenvalue weighted by atomic mass is 79.9. The number of para-hydroxylation sites is 1. The Labute approximate surface area is 130 Å². The number of carbonyl (C=O) groups is 1. The van der Waals surface area contributed by atoms with Crippen molar-refractivity contribution in [1.29, 1.82) is 0 Å². The van der Waals surface area contributed by atoms with Crippen LogP contribution in [0.1, 0.15) is 10.5 Å². The quantitative estimate of drug-likeness (QED) is 0.726. The summed E-state index contributed by atoms with van der Waals surface area (Å²) < 4.78 is 1.54. The van der Waals surface area contributed by atoms with Gasteiger partial charge in [-0.2, -0.15) is 9.78 Å². The van der Waals surface area contributed by atoms with Crippen LogP contribution >= 0.6 is 27.3 Å². The minimum absolute atomic E-state index is 0.170. The van der Waals surface area contributed by atoms with Crippen LogP contribution in [-0.2, 0) is 0 Å². The fraction of sp³-hybridized carbons (Fsp3) is 0. The maximum absolute atomic E-state index is 12.6. The second-order valence-electron chi connectivity index (χ2n) is 4.20. The lowest BCUT2D eigenvalue weighted by Gasteiger charge is -2.07. The first-order valence-corrected chi connectivity index (χ1v) is 7.41. The van der Waals surface area contributed by atoms with Crippen LogP contribution in [0.2, 0.25) is 0 Å². The maximum Gasteiger partial charge on any atom is 0.357 e. The summed E-state index contributed by atoms with van der Waals surface area (Å²) in [7, 11) is 0. The van der Waals surface area contributed by atoms with Gasteiger partial charge >= 0.3 is 5.97 Å². The van der Waals surface area contributed by atoms with Crippen molar-refractivity contribution in [3.8, 4) is 5.69 Å². The number of nitrogens with zero attached hydrogens (tertiary/aromatic N) is 2. The molecule has 2 heterocycles. The number of fused-ring (bicyclic) bond motifs is 1. The zero-order valence-corrected chi connectivity index (χ0v) is 12.8. The predicted molar refractivity (Wildman–Crippen MR) is 84.3 cm³/mol. The number of nitrogens with two attached hydrogens (primary N) is 1. The summed E-state index contributed by atoms with van der Waals surface area (Å²) in [5.41, 5.74) is 5.67. The highest BCUT2D eigenvalue weighted by molar-refractivity contribution is 9.11. The molecule has 0 saturated heterocycles. The first-order valence-electron chi connectivity index (χ1n) is 5.80. The van der Waals surface area contributed by atoms with Crippen LogP contribution in [0.4, 0.5) is 5.00 Å². The van der Waals surface area contributed by atoms with Crippen LogP contribution in [0.25, 0.3) is 16.5 Å². The molecule has 0 fully saturated rings. The third kappa shape index (κ3) is 2.12. The van der Waals surface area contributed by atoms with Crippen LogP contribution in [0.5, 0.6) is 0 Å². The van der Waals surface area contributed by atoms with Crippen LogP contribution in [-0.4, -0.2) is 20.9 Å². The molecule has 3 aromatic rings. The topological polar surface area (TPSA) is 98.2 Å². The van der Waals surface area contributed by atoms with Gasteiger partial charge in [0.15, 0.2) is 5.69 Å². The fourth-order valence-electron chi connectivity index (χ4n) is 2.04. The Morgan fingerprint density at radius 3 is 2.57 bits per heavy atom. The summed E-state index contributed by atoms with van der Waals surface area (Å²) in [5.74, 6) is -1.22. The number of rotatable bonds is 2. The van der Waals surface area contributed by atoms with E-state index in [1.807, 2.05) is 0 Å². The van der Waals surface area contributed by atoms with Crippen molar-refractivity contribution in [2.24, 2.45) is 0 Å². The maximum atomic E-state index is 12.6. The lowest BCUT2D eigenvalue weighted by molar-refractivity contribution is 0.0691. The fourth-order valence-corrected chi connectivity index (χ4v) is 3.73. The number of aromatic carboxylic acids is 1. The number of hydrogen-bond acceptors (Lipinski definition) is 5. The molecule has 6 nitrogen and oxygen atoms in total. The lowest BCUT2D eigenvalue weighted by Crippen LogP contribution is -2.24. The summed E-state index contributed by atoms with van der Waals surface area (Å²) in [6.45, 7) is 0. The number of hydrogen-bond donors (Lipinski definition) is 2. The molecule has 8 heteroatoms. The van der Waals surface area contributed by atoms with Gasteiger partial charge in [0.25, 0.3) is 5.56 Å². The Hall–Kier alpha value is -2.19. The third-order valence-electron chi connectivity index (χ3n) is 2.94. The molecule has 0 unspecified atom stereocenters. The summed E-state index contributed by atoms with van der Waals surface area (Å²) >= 11 is 4.35. The van der Waals surface area contributed by atoms with Gasteiger partial charge in [-0.05, 0) is 28.1 Å². The number of thiophene rings is 1. The zero-order chi connectivity index (χ0) is 15.1. The summed E-state index contributed by atoms with van der Waals surface area (Å²) in [6, 6.07) is 8.61. The Bertz CT molecular complexity index is 918. The van der Waals surface area contributed by atoms with Gasteiger partial charge < -0.3 is 10.8 Å². The molecule has 2 aromatic heterocycles. The van der Waals surface area contributed by atoms with Gasteiger partial charge in [-0.15, -0.1) is 11.3 Å². The first-order chi connectivity index (χ1) is 10.0. The van der Waals surface area contributed by atoms with Crippen LogP contribution in [0.3, 0.4) is 0 Å². The number of benzene rings is 1. The highest BCUT2D eigenvalue weighted by Crippen LogP contribution is 2.37. The van der Waals surface area contributed by atoms with E-state index < -0.39 is 11.5 Å². The van der Waals surface area contributed by atoms with E-state index in [0.29, 0.717) is 9.47 Å². The van der Waals surface area contributed by atoms with Gasteiger partial charge in [-0.25, -0.2) is 4.79 Å². The van der Waals surface area contributed by atoms with E-state index in [-0.39, 0.29) is 21.5 Å². The number of halogens is 1. The van der Waals surface area contributed by atoms with Crippen molar-refractivity contribution in [2.45, 2.75) is 0 Å². The van der Waals surface area contributed by atoms with Crippen molar-refractivity contribution >= 4 is 49.0 Å². The number of carboxylic acid groups (broad SMARTS) is 1. The van der Waals surface area contributed by atoms with Crippen LogP contribution in [0, 0.1) is 0 Å². The van der Waals surface area contributed by atoms with E-state index in [1.54, 1.807) is 30.3 Å². The van der Waals surface area contributed by atoms with Gasteiger partial charge in [-0.1, -0.05) is 18.2 Å². The average Bonchev–Trinajstić information content (AvgIpc) is 2.76. The van der Waals surface area contributed by atoms with E-state index in [4.69, 9.17) is 5.73 Å². The SMILES string of the molecule is Nc1sc(Br)c2c(C(=O)O)nn(-c3ccccc3)c(=O)c12. The second-order valence-corrected chi connectivity index (χ2v) is 6.57. The second kappa shape index (κ2) is 4.97. The molecule has 0 spiro atoms. The summed E-state index contributed by atoms with van der Waals surface area (Å²) in [5, 5.41) is 14.0. The van der Waals surface area contributed by atoms with Gasteiger partial charge in [0, 0.05) is 5.39 Å². The van der Waals surface area contributed by atoms with Crippen molar-refractivity contribution in [2.75, 3.05) is 5.73 Å². The number of aromatic nitrogens is 2. The Kier molecular flexibility index (Phi) is 3.26. The molecule has 3 N–H and O–H groups in total. The molecule has 0 bridgehead atoms. The van der Waals surface area contributed by atoms with E-state index in [1.165, 1.54) is 0 Å². The number of anilines is 1. The van der Waals surface area contributed by atoms with Crippen molar-refractivity contribution in [3.63, 3.8) is 0 Å². The Morgan fingerprint density at radius 2 is 1.95 bits per heavy atom. The van der Waals surface area contributed by atoms with Crippen molar-refractivity contribution in [1.82, 2.24) is 9.78 Å². The zero-order valence-electron chi connectivity index (χ0n) is 10.4. The van der Waals surface area contributed by atoms with E-state index >= 15 is 0 Å². The van der Waals surface area contributed by atoms with Crippen molar-refractivity contribution < 1.29 is 9.90 Å². The number of nitrogen functional groups attached to an aromatic ring is 1. The van der Waals surface area contributed by atoms with Gasteiger partial charge in [0.05, 0.1) is 14.9 Å². The average molecular weight is 366 g/mol. The van der Waals surface area contributed by atoms with Gasteiger partial charge in [-0.3, -0.25) is 4.79 Å². The highest BCUT2D eigenvalue weighted by Gasteiger charge is 2.22. The summed E-state index contributed by atoms with van der Waals surface area (Å²) in [6.07, 6.45) is 0. The molecule has 3 rings (SSSR count). The number of carboxylic acids is 1. The lowest BCUT2D eigenvalue weighted by atomic mass is 10.2. The molecule has 106 valence electrons. The minimum Gasteiger partial charge on any atom is -0.476 e. The van der Waals surface area contributed by atoms with E-state index in [0.717, 1.165) is 16.0 Å². The Morgan fingerprint density at radius 1 is 1.29 bits per heavy atom. The van der Waals surface area contributed by atoms with E-state index in [2.05, 4.69) is 21.0 Å². The molecular weight excluding hydrogens is 358 g/mol. The Balaban J connectivity index is 2.49. The molecular formula is C13H8BrN3O3S. The minimum atomic E-state index is -1.22. The predicted octanol–water partition coefficient (Wildman–Crippen LogP) is 2.49. The molecule has 0 aliphatic carbocycles.